The van der Waals surface area contributed by atoms with E-state index in [-0.39, 0.29) is 6.61 Å². The number of hydrogen-bond acceptors (Lipinski definition) is 4. The van der Waals surface area contributed by atoms with E-state index in [1.54, 1.807) is 19.5 Å². The quantitative estimate of drug-likeness (QED) is 0.716. The lowest BCUT2D eigenvalue weighted by Gasteiger charge is -2.08. The summed E-state index contributed by atoms with van der Waals surface area (Å²) in [7, 11) is 1.61. The average molecular weight is 348 g/mol. The zero-order chi connectivity index (χ0) is 18.2. The van der Waals surface area contributed by atoms with Gasteiger partial charge in [0.05, 0.1) is 7.11 Å². The van der Waals surface area contributed by atoms with E-state index >= 15 is 0 Å². The molecule has 1 N–H and O–H groups in total. The number of rotatable bonds is 6. The Labute approximate surface area is 152 Å². The van der Waals surface area contributed by atoms with Crippen molar-refractivity contribution in [2.45, 2.75) is 13.0 Å². The minimum Gasteiger partial charge on any atom is -0.497 e. The Morgan fingerprint density at radius 1 is 0.885 bits per heavy atom. The monoisotopic (exact) mass is 348 g/mol. The van der Waals surface area contributed by atoms with Crippen molar-refractivity contribution in [3.8, 4) is 5.75 Å². The van der Waals surface area contributed by atoms with Gasteiger partial charge in [-0.1, -0.05) is 24.3 Å². The number of hydrogen-bond donors (Lipinski definition) is 1. The van der Waals surface area contributed by atoms with Crippen molar-refractivity contribution in [2.75, 3.05) is 12.4 Å². The van der Waals surface area contributed by atoms with Gasteiger partial charge in [0.1, 0.15) is 12.4 Å². The highest BCUT2D eigenvalue weighted by Gasteiger charge is 2.05. The molecule has 0 fully saturated rings. The number of methoxy groups -OCH3 is 1. The van der Waals surface area contributed by atoms with Crippen LogP contribution in [0.25, 0.3) is 0 Å². The summed E-state index contributed by atoms with van der Waals surface area (Å²) >= 11 is 0. The number of aromatic nitrogens is 1. The molecule has 0 aliphatic carbocycles. The molecule has 0 spiro atoms. The molecule has 0 bridgehead atoms. The van der Waals surface area contributed by atoms with Crippen LogP contribution in [-0.2, 0) is 17.8 Å². The fraction of sp³-hybridized carbons (Fsp3) is 0.143. The van der Waals surface area contributed by atoms with Crippen molar-refractivity contribution >= 4 is 11.8 Å². The first kappa shape index (κ1) is 17.5. The predicted molar refractivity (Wildman–Crippen MR) is 100 cm³/mol. The van der Waals surface area contributed by atoms with Crippen LogP contribution in [0.4, 0.5) is 10.5 Å². The summed E-state index contributed by atoms with van der Waals surface area (Å²) in [5.74, 6) is 0.769. The molecule has 1 heterocycles. The van der Waals surface area contributed by atoms with E-state index in [4.69, 9.17) is 9.47 Å². The Hall–Kier alpha value is -3.34. The lowest BCUT2D eigenvalue weighted by Crippen LogP contribution is -2.13. The van der Waals surface area contributed by atoms with Gasteiger partial charge in [-0.15, -0.1) is 0 Å². The van der Waals surface area contributed by atoms with Crippen LogP contribution in [0.5, 0.6) is 5.75 Å². The number of nitrogens with one attached hydrogen (secondary N) is 1. The molecular weight excluding hydrogens is 328 g/mol. The molecule has 0 aliphatic heterocycles. The van der Waals surface area contributed by atoms with E-state index in [2.05, 4.69) is 10.3 Å². The van der Waals surface area contributed by atoms with E-state index in [0.717, 1.165) is 23.3 Å². The third kappa shape index (κ3) is 5.08. The van der Waals surface area contributed by atoms with Crippen LogP contribution in [0.1, 0.15) is 16.7 Å². The van der Waals surface area contributed by atoms with E-state index in [1.807, 2.05) is 60.7 Å². The molecule has 0 unspecified atom stereocenters. The zero-order valence-electron chi connectivity index (χ0n) is 14.5. The largest absolute Gasteiger partial charge is 0.497 e. The lowest BCUT2D eigenvalue weighted by molar-refractivity contribution is 0.155. The molecule has 1 amide bonds. The number of pyridine rings is 1. The predicted octanol–water partition coefficient (Wildman–Crippen LogP) is 4.43. The van der Waals surface area contributed by atoms with Crippen LogP contribution in [-0.4, -0.2) is 18.2 Å². The third-order valence-electron chi connectivity index (χ3n) is 3.89. The van der Waals surface area contributed by atoms with Crippen LogP contribution in [0.15, 0.2) is 73.1 Å². The molecule has 0 saturated carbocycles. The van der Waals surface area contributed by atoms with Gasteiger partial charge >= 0.3 is 6.09 Å². The molecule has 0 aliphatic rings. The highest BCUT2D eigenvalue weighted by atomic mass is 16.5. The van der Waals surface area contributed by atoms with Gasteiger partial charge in [0.2, 0.25) is 0 Å². The van der Waals surface area contributed by atoms with Crippen LogP contribution < -0.4 is 10.1 Å². The van der Waals surface area contributed by atoms with Gasteiger partial charge in [-0.25, -0.2) is 4.79 Å². The van der Waals surface area contributed by atoms with Gasteiger partial charge in [0.15, 0.2) is 0 Å². The van der Waals surface area contributed by atoms with Gasteiger partial charge in [-0.2, -0.15) is 0 Å². The molecule has 3 rings (SSSR count). The van der Waals surface area contributed by atoms with Crippen molar-refractivity contribution in [3.05, 3.63) is 89.7 Å². The zero-order valence-corrected chi connectivity index (χ0v) is 14.5. The minimum absolute atomic E-state index is 0.204. The average Bonchev–Trinajstić information content (AvgIpc) is 2.69. The number of nitrogens with zero attached hydrogens (tertiary/aromatic N) is 1. The molecule has 0 radical (unpaired) electrons. The molecule has 2 aromatic carbocycles. The summed E-state index contributed by atoms with van der Waals surface area (Å²) in [6, 6.07) is 19.1. The molecule has 132 valence electrons. The van der Waals surface area contributed by atoms with E-state index < -0.39 is 6.09 Å². The molecule has 0 saturated heterocycles. The first-order chi connectivity index (χ1) is 12.7. The molecule has 3 aromatic rings. The second-order valence-electron chi connectivity index (χ2n) is 5.78. The van der Waals surface area contributed by atoms with Crippen molar-refractivity contribution in [2.24, 2.45) is 0 Å². The Morgan fingerprint density at radius 3 is 2.15 bits per heavy atom. The number of benzene rings is 2. The van der Waals surface area contributed by atoms with Gasteiger partial charge in [-0.3, -0.25) is 10.3 Å². The van der Waals surface area contributed by atoms with Crippen LogP contribution in [0, 0.1) is 0 Å². The van der Waals surface area contributed by atoms with Gasteiger partial charge in [0, 0.05) is 18.1 Å². The first-order valence-electron chi connectivity index (χ1n) is 8.27. The minimum atomic E-state index is -0.484. The molecule has 26 heavy (non-hydrogen) atoms. The SMILES string of the molecule is COc1ccc(COC(=O)Nc2ccc(Cc3ccncc3)cc2)cc1. The Morgan fingerprint density at radius 2 is 1.50 bits per heavy atom. The number of anilines is 1. The molecular formula is C21H20N2O3. The smallest absolute Gasteiger partial charge is 0.411 e. The van der Waals surface area contributed by atoms with Gasteiger partial charge in [-0.05, 0) is 59.5 Å². The molecule has 5 nitrogen and oxygen atoms in total. The maximum atomic E-state index is 11.9. The molecule has 5 heteroatoms. The number of carbonyl (C=O) groups is 1. The van der Waals surface area contributed by atoms with E-state index in [0.29, 0.717) is 5.69 Å². The first-order valence-corrected chi connectivity index (χ1v) is 8.27. The summed E-state index contributed by atoms with van der Waals surface area (Å²) in [5, 5.41) is 2.73. The van der Waals surface area contributed by atoms with Crippen LogP contribution in [0.3, 0.4) is 0 Å². The Kier molecular flexibility index (Phi) is 5.83. The number of ether oxygens (including phenoxy) is 2. The topological polar surface area (TPSA) is 60.5 Å². The highest BCUT2D eigenvalue weighted by Crippen LogP contribution is 2.15. The summed E-state index contributed by atoms with van der Waals surface area (Å²) in [5.41, 5.74) is 3.95. The number of amides is 1. The highest BCUT2D eigenvalue weighted by molar-refractivity contribution is 5.84. The molecule has 1 aromatic heterocycles. The van der Waals surface area contributed by atoms with Crippen molar-refractivity contribution in [1.82, 2.24) is 4.98 Å². The maximum absolute atomic E-state index is 11.9. The second kappa shape index (κ2) is 8.67. The summed E-state index contributed by atoms with van der Waals surface area (Å²) in [6.45, 7) is 0.204. The fourth-order valence-corrected chi connectivity index (χ4v) is 2.47. The third-order valence-corrected chi connectivity index (χ3v) is 3.89. The standard InChI is InChI=1S/C21H20N2O3/c1-25-20-8-4-18(5-9-20)15-26-21(24)23-19-6-2-16(3-7-19)14-17-10-12-22-13-11-17/h2-13H,14-15H2,1H3,(H,23,24). The fourth-order valence-electron chi connectivity index (χ4n) is 2.47. The van der Waals surface area contributed by atoms with Crippen molar-refractivity contribution in [1.29, 1.82) is 0 Å². The van der Waals surface area contributed by atoms with Gasteiger partial charge < -0.3 is 9.47 Å². The summed E-state index contributed by atoms with van der Waals surface area (Å²) < 4.78 is 10.3. The lowest BCUT2D eigenvalue weighted by atomic mass is 10.1. The summed E-state index contributed by atoms with van der Waals surface area (Å²) in [4.78, 5) is 15.9. The van der Waals surface area contributed by atoms with Crippen LogP contribution in [0.2, 0.25) is 0 Å². The van der Waals surface area contributed by atoms with Crippen molar-refractivity contribution < 1.29 is 14.3 Å². The van der Waals surface area contributed by atoms with Crippen molar-refractivity contribution in [3.63, 3.8) is 0 Å². The van der Waals surface area contributed by atoms with Gasteiger partial charge in [0.25, 0.3) is 0 Å². The second-order valence-corrected chi connectivity index (χ2v) is 5.78. The number of carbonyl (C=O) groups excluding carboxylic acids is 1. The normalized spacial score (nSPS) is 10.2. The van der Waals surface area contributed by atoms with E-state index in [1.165, 1.54) is 5.56 Å². The molecule has 0 atom stereocenters. The van der Waals surface area contributed by atoms with Crippen LogP contribution >= 0.6 is 0 Å². The Bertz CT molecular complexity index is 831. The summed E-state index contributed by atoms with van der Waals surface area (Å²) in [6.07, 6.45) is 3.90. The Balaban J connectivity index is 1.49. The maximum Gasteiger partial charge on any atom is 0.411 e. The van der Waals surface area contributed by atoms with E-state index in [9.17, 15) is 4.79 Å².